The molecule has 0 heterocycles. The lowest BCUT2D eigenvalue weighted by Crippen LogP contribution is -2.11. The maximum Gasteiger partial charge on any atom is 0.0546 e. The van der Waals surface area contributed by atoms with Gasteiger partial charge < -0.3 is 9.80 Å². The van der Waals surface area contributed by atoms with Crippen LogP contribution in [0, 0.1) is 0 Å². The van der Waals surface area contributed by atoms with Crippen LogP contribution in [-0.4, -0.2) is 0 Å². The molecule has 0 unspecified atom stereocenters. The van der Waals surface area contributed by atoms with Gasteiger partial charge in [0, 0.05) is 33.5 Å². The van der Waals surface area contributed by atoms with Gasteiger partial charge in [0.05, 0.1) is 11.4 Å². The fourth-order valence-electron chi connectivity index (χ4n) is 8.43. The standard InChI is InChI=1S/C58H44N2/c1-5-41-39-57(55-25-17-15-23-53(55)51(41)7-3)59(47-19-11-9-12-20-47)49-35-31-45(32-36-49)43-27-29-44(30-28-43)46-33-37-50(38-34-46)60(48-21-13-10-14-22-48)58-40-42(6-2)52(8-4)54-24-16-18-26-56(54)58/h5-40H,1-4H2. The van der Waals surface area contributed by atoms with Gasteiger partial charge in [-0.1, -0.05) is 184 Å². The monoisotopic (exact) mass is 768 g/mol. The Labute approximate surface area is 353 Å². The van der Waals surface area contributed by atoms with Crippen LogP contribution in [0.5, 0.6) is 0 Å². The summed E-state index contributed by atoms with van der Waals surface area (Å²) >= 11 is 0. The van der Waals surface area contributed by atoms with E-state index in [4.69, 9.17) is 0 Å². The molecular weight excluding hydrogens is 725 g/mol. The third-order valence-corrected chi connectivity index (χ3v) is 11.4. The minimum Gasteiger partial charge on any atom is -0.310 e. The van der Waals surface area contributed by atoms with Gasteiger partial charge in [-0.25, -0.2) is 0 Å². The van der Waals surface area contributed by atoms with Crippen LogP contribution in [0.1, 0.15) is 22.3 Å². The summed E-state index contributed by atoms with van der Waals surface area (Å²) in [6.07, 6.45) is 7.69. The molecule has 9 aromatic carbocycles. The van der Waals surface area contributed by atoms with Crippen LogP contribution < -0.4 is 9.80 Å². The lowest BCUT2D eigenvalue weighted by atomic mass is 9.95. The van der Waals surface area contributed by atoms with Crippen molar-refractivity contribution in [2.45, 2.75) is 0 Å². The van der Waals surface area contributed by atoms with Crippen molar-refractivity contribution in [2.24, 2.45) is 0 Å². The van der Waals surface area contributed by atoms with E-state index in [2.05, 4.69) is 230 Å². The second-order valence-corrected chi connectivity index (χ2v) is 14.7. The maximum atomic E-state index is 4.14. The molecule has 0 bridgehead atoms. The molecule has 60 heavy (non-hydrogen) atoms. The first kappa shape index (κ1) is 37.6. The van der Waals surface area contributed by atoms with E-state index < -0.39 is 0 Å². The third kappa shape index (κ3) is 6.91. The second kappa shape index (κ2) is 16.5. The molecule has 0 amide bonds. The van der Waals surface area contributed by atoms with Crippen LogP contribution in [0.3, 0.4) is 0 Å². The number of hydrogen-bond acceptors (Lipinski definition) is 2. The normalized spacial score (nSPS) is 10.9. The van der Waals surface area contributed by atoms with Crippen LogP contribution >= 0.6 is 0 Å². The highest BCUT2D eigenvalue weighted by Gasteiger charge is 2.20. The van der Waals surface area contributed by atoms with Crippen molar-refractivity contribution < 1.29 is 0 Å². The summed E-state index contributed by atoms with van der Waals surface area (Å²) in [5, 5.41) is 4.60. The predicted octanol–water partition coefficient (Wildman–Crippen LogP) is 16.8. The summed E-state index contributed by atoms with van der Waals surface area (Å²) < 4.78 is 0. The van der Waals surface area contributed by atoms with Gasteiger partial charge >= 0.3 is 0 Å². The minimum absolute atomic E-state index is 1.05. The fourth-order valence-corrected chi connectivity index (χ4v) is 8.43. The molecule has 0 aliphatic rings. The molecule has 0 spiro atoms. The van der Waals surface area contributed by atoms with Gasteiger partial charge in [0.2, 0.25) is 0 Å². The first-order valence-corrected chi connectivity index (χ1v) is 20.2. The molecule has 0 aliphatic carbocycles. The van der Waals surface area contributed by atoms with Gasteiger partial charge in [-0.05, 0) is 116 Å². The summed E-state index contributed by atoms with van der Waals surface area (Å²) in [6.45, 7) is 16.5. The molecule has 0 saturated carbocycles. The van der Waals surface area contributed by atoms with Crippen molar-refractivity contribution in [2.75, 3.05) is 9.80 Å². The van der Waals surface area contributed by atoms with E-state index in [9.17, 15) is 0 Å². The predicted molar refractivity (Wildman–Crippen MR) is 262 cm³/mol. The molecule has 0 radical (unpaired) electrons. The zero-order valence-corrected chi connectivity index (χ0v) is 33.5. The highest BCUT2D eigenvalue weighted by atomic mass is 15.1. The van der Waals surface area contributed by atoms with Crippen molar-refractivity contribution in [1.29, 1.82) is 0 Å². The summed E-state index contributed by atoms with van der Waals surface area (Å²) in [6, 6.07) is 69.1. The molecule has 0 fully saturated rings. The van der Waals surface area contributed by atoms with E-state index >= 15 is 0 Å². The molecule has 0 aromatic heterocycles. The molecule has 2 heteroatoms. The van der Waals surface area contributed by atoms with Crippen molar-refractivity contribution in [1.82, 2.24) is 0 Å². The Balaban J connectivity index is 1.03. The quantitative estimate of drug-likeness (QED) is 0.122. The molecule has 9 rings (SSSR count). The Morgan fingerprint density at radius 1 is 0.283 bits per heavy atom. The van der Waals surface area contributed by atoms with Crippen molar-refractivity contribution >= 4 is 80.0 Å². The second-order valence-electron chi connectivity index (χ2n) is 14.7. The van der Waals surface area contributed by atoms with Crippen molar-refractivity contribution in [3.05, 3.63) is 243 Å². The SMILES string of the molecule is C=Cc1cc(N(c2ccccc2)c2ccc(-c3ccc(-c4ccc(N(c5ccccc5)c5cc(C=C)c(C=C)c6ccccc56)cc4)cc3)cc2)c2ccccc2c1C=C. The Kier molecular flexibility index (Phi) is 10.3. The lowest BCUT2D eigenvalue weighted by molar-refractivity contribution is 1.29. The van der Waals surface area contributed by atoms with Crippen LogP contribution in [0.25, 0.3) is 68.1 Å². The Bertz CT molecular complexity index is 2810. The Hall–Kier alpha value is -7.94. The number of hydrogen-bond donors (Lipinski definition) is 0. The van der Waals surface area contributed by atoms with Crippen molar-refractivity contribution in [3.8, 4) is 22.3 Å². The fraction of sp³-hybridized carbons (Fsp3) is 0. The summed E-state index contributed by atoms with van der Waals surface area (Å²) in [5.74, 6) is 0. The molecule has 286 valence electrons. The number of nitrogens with zero attached hydrogens (tertiary/aromatic N) is 2. The molecule has 0 atom stereocenters. The maximum absolute atomic E-state index is 4.14. The van der Waals surface area contributed by atoms with E-state index in [-0.39, 0.29) is 0 Å². The van der Waals surface area contributed by atoms with Gasteiger partial charge in [0.1, 0.15) is 0 Å². The van der Waals surface area contributed by atoms with Gasteiger partial charge in [-0.3, -0.25) is 0 Å². The first-order valence-electron chi connectivity index (χ1n) is 20.2. The Morgan fingerprint density at radius 2 is 0.567 bits per heavy atom. The van der Waals surface area contributed by atoms with Gasteiger partial charge in [-0.15, -0.1) is 0 Å². The molecule has 0 saturated heterocycles. The van der Waals surface area contributed by atoms with Gasteiger partial charge in [0.25, 0.3) is 0 Å². The van der Waals surface area contributed by atoms with E-state index in [0.29, 0.717) is 0 Å². The molecule has 0 N–H and O–H groups in total. The number of rotatable bonds is 12. The summed E-state index contributed by atoms with van der Waals surface area (Å²) in [5.41, 5.74) is 15.4. The number of benzene rings is 9. The zero-order valence-electron chi connectivity index (χ0n) is 33.5. The average molecular weight is 769 g/mol. The topological polar surface area (TPSA) is 6.48 Å². The van der Waals surface area contributed by atoms with E-state index in [0.717, 1.165) is 100 Å². The summed E-state index contributed by atoms with van der Waals surface area (Å²) in [7, 11) is 0. The van der Waals surface area contributed by atoms with E-state index in [1.54, 1.807) is 0 Å². The highest BCUT2D eigenvalue weighted by molar-refractivity contribution is 6.06. The number of fused-ring (bicyclic) bond motifs is 2. The van der Waals surface area contributed by atoms with E-state index in [1.165, 1.54) is 0 Å². The van der Waals surface area contributed by atoms with Gasteiger partial charge in [0.15, 0.2) is 0 Å². The van der Waals surface area contributed by atoms with Crippen LogP contribution in [-0.2, 0) is 0 Å². The Morgan fingerprint density at radius 3 is 0.883 bits per heavy atom. The number of anilines is 6. The van der Waals surface area contributed by atoms with E-state index in [1.807, 2.05) is 24.3 Å². The lowest BCUT2D eigenvalue weighted by Gasteiger charge is -2.28. The highest BCUT2D eigenvalue weighted by Crippen LogP contribution is 2.44. The van der Waals surface area contributed by atoms with Gasteiger partial charge in [-0.2, -0.15) is 0 Å². The molecule has 9 aromatic rings. The van der Waals surface area contributed by atoms with Crippen LogP contribution in [0.4, 0.5) is 34.1 Å². The van der Waals surface area contributed by atoms with Crippen LogP contribution in [0.2, 0.25) is 0 Å². The number of para-hydroxylation sites is 2. The molecule has 2 nitrogen and oxygen atoms in total. The molecular formula is C58H44N2. The largest absolute Gasteiger partial charge is 0.310 e. The summed E-state index contributed by atoms with van der Waals surface area (Å²) in [4.78, 5) is 4.66. The zero-order chi connectivity index (χ0) is 41.0. The molecule has 0 aliphatic heterocycles. The first-order chi connectivity index (χ1) is 29.6. The third-order valence-electron chi connectivity index (χ3n) is 11.4. The van der Waals surface area contributed by atoms with Crippen LogP contribution in [0.15, 0.2) is 220 Å². The average Bonchev–Trinajstić information content (AvgIpc) is 3.32. The minimum atomic E-state index is 1.05. The smallest absolute Gasteiger partial charge is 0.0546 e. The van der Waals surface area contributed by atoms with Crippen molar-refractivity contribution in [3.63, 3.8) is 0 Å².